The molecule has 2 N–H and O–H groups in total. The van der Waals surface area contributed by atoms with Crippen LogP contribution in [0.15, 0.2) is 143 Å². The van der Waals surface area contributed by atoms with Gasteiger partial charge in [0.1, 0.15) is 22.5 Å². The third-order valence-corrected chi connectivity index (χ3v) is 15.1. The van der Waals surface area contributed by atoms with Crippen molar-refractivity contribution in [3.8, 4) is 11.1 Å². The first-order valence-electron chi connectivity index (χ1n) is 20.2. The number of anilines is 2. The Balaban J connectivity index is 0.979. The molecule has 2 aliphatic heterocycles. The minimum absolute atomic E-state index is 0.0651. The van der Waals surface area contributed by atoms with E-state index in [2.05, 4.69) is 69.9 Å². The third-order valence-electron chi connectivity index (χ3n) is 11.5. The SMILES string of the molecule is C=C(N[S+]([O-])c1ccc(NC(CSc2ccccc2)CC2CCCN2C)c([S+]([O-])C(F)(F)F)c1)c1ccc(N2CCC(Cc3ccccc3-c3ccc(Cl)cc3)CC2)cc1. The Morgan fingerprint density at radius 1 is 0.883 bits per heavy atom. The topological polar surface area (TPSA) is 76.7 Å². The fourth-order valence-corrected chi connectivity index (χ4v) is 11.0. The average Bonchev–Trinajstić information content (AvgIpc) is 3.66. The highest BCUT2D eigenvalue weighted by atomic mass is 35.5. The van der Waals surface area contributed by atoms with Crippen LogP contribution in [0.3, 0.4) is 0 Å². The lowest BCUT2D eigenvalue weighted by Gasteiger charge is -2.34. The zero-order valence-corrected chi connectivity index (χ0v) is 36.7. The number of piperidine rings is 1. The van der Waals surface area contributed by atoms with Crippen LogP contribution in [-0.2, 0) is 29.0 Å². The van der Waals surface area contributed by atoms with Crippen molar-refractivity contribution in [3.05, 3.63) is 144 Å². The van der Waals surface area contributed by atoms with Crippen LogP contribution in [0.4, 0.5) is 24.5 Å². The number of alkyl halides is 3. The second kappa shape index (κ2) is 20.4. The quantitative estimate of drug-likeness (QED) is 0.0755. The molecule has 0 aliphatic carbocycles. The van der Waals surface area contributed by atoms with E-state index in [9.17, 15) is 22.3 Å². The monoisotopic (exact) mass is 890 g/mol. The molecule has 60 heavy (non-hydrogen) atoms. The van der Waals surface area contributed by atoms with Crippen LogP contribution in [0.25, 0.3) is 16.8 Å². The van der Waals surface area contributed by atoms with Crippen LogP contribution in [0.1, 0.15) is 43.2 Å². The highest BCUT2D eigenvalue weighted by molar-refractivity contribution is 7.99. The van der Waals surface area contributed by atoms with Gasteiger partial charge in [-0.1, -0.05) is 84.9 Å². The molecular formula is C47H50ClF3N4O2S3. The van der Waals surface area contributed by atoms with Crippen molar-refractivity contribution >= 4 is 63.0 Å². The second-order valence-electron chi connectivity index (χ2n) is 15.5. The molecule has 5 aromatic rings. The van der Waals surface area contributed by atoms with Gasteiger partial charge in [0, 0.05) is 52.1 Å². The van der Waals surface area contributed by atoms with Gasteiger partial charge in [-0.15, -0.1) is 24.9 Å². The van der Waals surface area contributed by atoms with Gasteiger partial charge in [0.05, 0.1) is 17.5 Å². The molecule has 0 saturated carbocycles. The van der Waals surface area contributed by atoms with Crippen LogP contribution in [0.2, 0.25) is 5.02 Å². The van der Waals surface area contributed by atoms with Crippen molar-refractivity contribution in [1.82, 2.24) is 9.62 Å². The summed E-state index contributed by atoms with van der Waals surface area (Å²) in [6.07, 6.45) is 5.91. The first kappa shape index (κ1) is 44.3. The lowest BCUT2D eigenvalue weighted by Crippen LogP contribution is -2.34. The van der Waals surface area contributed by atoms with Gasteiger partial charge >= 0.3 is 5.51 Å². The molecule has 316 valence electrons. The second-order valence-corrected chi connectivity index (χ2v) is 19.7. The largest absolute Gasteiger partial charge is 0.604 e. The molecule has 7 rings (SSSR count). The number of benzene rings is 5. The Hall–Kier alpha value is -3.75. The molecule has 5 aromatic carbocycles. The summed E-state index contributed by atoms with van der Waals surface area (Å²) in [6.45, 7) is 6.90. The van der Waals surface area contributed by atoms with Gasteiger partial charge in [0.2, 0.25) is 0 Å². The van der Waals surface area contributed by atoms with Crippen molar-refractivity contribution in [2.45, 2.75) is 70.8 Å². The molecule has 2 fully saturated rings. The van der Waals surface area contributed by atoms with E-state index in [1.165, 1.54) is 28.8 Å². The van der Waals surface area contributed by atoms with Gasteiger partial charge in [-0.25, -0.2) is 4.72 Å². The van der Waals surface area contributed by atoms with Crippen molar-refractivity contribution in [2.24, 2.45) is 5.92 Å². The lowest BCUT2D eigenvalue weighted by atomic mass is 9.87. The molecule has 4 atom stereocenters. The summed E-state index contributed by atoms with van der Waals surface area (Å²) in [5.41, 5.74) is 1.00. The summed E-state index contributed by atoms with van der Waals surface area (Å²) < 4.78 is 71.7. The molecule has 2 heterocycles. The van der Waals surface area contributed by atoms with E-state index in [4.69, 9.17) is 11.6 Å². The smallest absolute Gasteiger partial charge is 0.578 e. The average molecular weight is 892 g/mol. The summed E-state index contributed by atoms with van der Waals surface area (Å²) in [7, 11) is 2.07. The summed E-state index contributed by atoms with van der Waals surface area (Å²) in [6, 6.07) is 38.4. The minimum atomic E-state index is -5.01. The number of nitrogens with one attached hydrogen (secondary N) is 2. The first-order valence-corrected chi connectivity index (χ1v) is 23.9. The van der Waals surface area contributed by atoms with E-state index >= 15 is 0 Å². The first-order chi connectivity index (χ1) is 28.9. The van der Waals surface area contributed by atoms with Gasteiger partial charge in [-0.05, 0) is 123 Å². The van der Waals surface area contributed by atoms with Gasteiger partial charge in [-0.2, -0.15) is 0 Å². The number of hydrogen-bond acceptors (Lipinski definition) is 7. The maximum Gasteiger partial charge on any atom is 0.578 e. The van der Waals surface area contributed by atoms with Crippen molar-refractivity contribution in [2.75, 3.05) is 42.7 Å². The van der Waals surface area contributed by atoms with Crippen molar-refractivity contribution in [1.29, 1.82) is 0 Å². The number of likely N-dealkylation sites (tertiary alicyclic amines) is 1. The number of hydrogen-bond donors (Lipinski definition) is 2. The van der Waals surface area contributed by atoms with Crippen LogP contribution in [0, 0.1) is 5.92 Å². The van der Waals surface area contributed by atoms with E-state index in [1.54, 1.807) is 11.8 Å². The summed E-state index contributed by atoms with van der Waals surface area (Å²) in [4.78, 5) is 5.32. The summed E-state index contributed by atoms with van der Waals surface area (Å²) in [5, 5.41) is 4.05. The summed E-state index contributed by atoms with van der Waals surface area (Å²) >= 11 is 2.43. The third kappa shape index (κ3) is 11.6. The fourth-order valence-electron chi connectivity index (χ4n) is 8.14. The Bertz CT molecular complexity index is 2170. The van der Waals surface area contributed by atoms with Crippen LogP contribution >= 0.6 is 23.4 Å². The number of halogens is 4. The molecule has 13 heteroatoms. The normalized spacial score (nSPS) is 17.9. The molecule has 0 radical (unpaired) electrons. The molecule has 0 amide bonds. The van der Waals surface area contributed by atoms with Crippen LogP contribution in [0.5, 0.6) is 0 Å². The number of rotatable bonds is 16. The highest BCUT2D eigenvalue weighted by Gasteiger charge is 2.48. The van der Waals surface area contributed by atoms with Gasteiger partial charge in [0.25, 0.3) is 0 Å². The van der Waals surface area contributed by atoms with E-state index in [-0.39, 0.29) is 22.7 Å². The maximum absolute atomic E-state index is 14.1. The summed E-state index contributed by atoms with van der Waals surface area (Å²) in [5.74, 6) is 1.16. The van der Waals surface area contributed by atoms with Crippen LogP contribution < -0.4 is 14.9 Å². The Morgan fingerprint density at radius 3 is 2.27 bits per heavy atom. The number of nitrogens with zero attached hydrogens (tertiary/aromatic N) is 2. The fraction of sp³-hybridized carbons (Fsp3) is 0.319. The zero-order valence-electron chi connectivity index (χ0n) is 33.5. The molecular weight excluding hydrogens is 841 g/mol. The Kier molecular flexibility index (Phi) is 15.1. The van der Waals surface area contributed by atoms with E-state index in [1.807, 2.05) is 66.7 Å². The molecule has 4 unspecified atom stereocenters. The molecule has 2 aliphatic rings. The molecule has 0 aromatic heterocycles. The van der Waals surface area contributed by atoms with Crippen molar-refractivity contribution < 1.29 is 22.3 Å². The highest BCUT2D eigenvalue weighted by Crippen LogP contribution is 2.38. The predicted octanol–water partition coefficient (Wildman–Crippen LogP) is 11.4. The maximum atomic E-state index is 14.1. The van der Waals surface area contributed by atoms with Gasteiger partial charge in [0.15, 0.2) is 9.79 Å². The van der Waals surface area contributed by atoms with Gasteiger partial charge in [-0.3, -0.25) is 0 Å². The minimum Gasteiger partial charge on any atom is -0.604 e. The predicted molar refractivity (Wildman–Crippen MR) is 244 cm³/mol. The van der Waals surface area contributed by atoms with Crippen LogP contribution in [-0.4, -0.2) is 64.0 Å². The zero-order chi connectivity index (χ0) is 42.2. The standard InChI is InChI=1S/C47H50ClF3N4O2S3/c1-33(35-16-20-40(21-17-35)55-27-24-34(25-28-55)29-37-9-6-7-13-44(37)36-14-18-38(48)19-15-36)53-60(57)43-22-23-45(46(31-43)59(56)47(49,50)51)52-39(30-41-10-8-26-54(41)2)32-58-42-11-4-3-5-12-42/h3-7,9,11-23,31,34,39,41,52-53H,1,8,10,24-30,32H2,2H3. The van der Waals surface area contributed by atoms with E-state index in [0.29, 0.717) is 29.4 Å². The Morgan fingerprint density at radius 2 is 1.58 bits per heavy atom. The van der Waals surface area contributed by atoms with E-state index < -0.39 is 32.9 Å². The van der Waals surface area contributed by atoms with Crippen molar-refractivity contribution in [3.63, 3.8) is 0 Å². The molecule has 2 saturated heterocycles. The molecule has 6 nitrogen and oxygen atoms in total. The number of thioether (sulfide) groups is 1. The Labute approximate surface area is 367 Å². The van der Waals surface area contributed by atoms with E-state index in [0.717, 1.165) is 73.4 Å². The van der Waals surface area contributed by atoms with Gasteiger partial charge < -0.3 is 24.2 Å². The lowest BCUT2D eigenvalue weighted by molar-refractivity contribution is -0.0435. The molecule has 0 bridgehead atoms. The molecule has 0 spiro atoms.